The highest BCUT2D eigenvalue weighted by Crippen LogP contribution is 2.30. The Morgan fingerprint density at radius 1 is 1.18 bits per heavy atom. The third kappa shape index (κ3) is 2.35. The molecular formula is C17H14FNO3. The molecule has 0 N–H and O–H groups in total. The zero-order valence-electron chi connectivity index (χ0n) is 12.0. The molecule has 22 heavy (non-hydrogen) atoms. The third-order valence-electron chi connectivity index (χ3n) is 3.75. The first-order chi connectivity index (χ1) is 10.6. The van der Waals surface area contributed by atoms with Crippen molar-refractivity contribution in [1.29, 1.82) is 0 Å². The number of fused-ring (bicyclic) bond motifs is 1. The second kappa shape index (κ2) is 5.60. The summed E-state index contributed by atoms with van der Waals surface area (Å²) >= 11 is 0. The normalized spacial score (nSPS) is 12.9. The fourth-order valence-corrected chi connectivity index (χ4v) is 2.64. The van der Waals surface area contributed by atoms with Gasteiger partial charge in [0.15, 0.2) is 0 Å². The van der Waals surface area contributed by atoms with Gasteiger partial charge in [-0.15, -0.1) is 0 Å². The molecule has 0 saturated carbocycles. The van der Waals surface area contributed by atoms with E-state index in [0.29, 0.717) is 24.2 Å². The van der Waals surface area contributed by atoms with E-state index in [1.807, 2.05) is 0 Å². The van der Waals surface area contributed by atoms with Gasteiger partial charge in [0.05, 0.1) is 18.2 Å². The van der Waals surface area contributed by atoms with Crippen LogP contribution < -0.4 is 4.90 Å². The van der Waals surface area contributed by atoms with Crippen molar-refractivity contribution in [3.63, 3.8) is 0 Å². The van der Waals surface area contributed by atoms with Gasteiger partial charge >= 0.3 is 5.97 Å². The number of esters is 1. The van der Waals surface area contributed by atoms with Crippen LogP contribution in [0.5, 0.6) is 0 Å². The number of carbonyl (C=O) groups is 2. The summed E-state index contributed by atoms with van der Waals surface area (Å²) in [6.07, 6.45) is 0.625. The molecule has 1 heterocycles. The molecule has 0 fully saturated rings. The quantitative estimate of drug-likeness (QED) is 0.801. The van der Waals surface area contributed by atoms with Crippen molar-refractivity contribution in [2.75, 3.05) is 18.6 Å². The van der Waals surface area contributed by atoms with Crippen LogP contribution in [-0.4, -0.2) is 25.5 Å². The first-order valence-corrected chi connectivity index (χ1v) is 6.89. The number of ether oxygens (including phenoxy) is 1. The zero-order valence-corrected chi connectivity index (χ0v) is 12.0. The minimum Gasteiger partial charge on any atom is -0.465 e. The topological polar surface area (TPSA) is 46.6 Å². The van der Waals surface area contributed by atoms with E-state index in [1.165, 1.54) is 24.1 Å². The SMILES string of the molecule is COC(=O)c1ccc2c(c1)CCN2C(=O)c1ccccc1F. The van der Waals surface area contributed by atoms with Gasteiger partial charge in [-0.3, -0.25) is 4.79 Å². The van der Waals surface area contributed by atoms with Crippen LogP contribution in [0.2, 0.25) is 0 Å². The van der Waals surface area contributed by atoms with Crippen molar-refractivity contribution in [3.8, 4) is 0 Å². The first-order valence-electron chi connectivity index (χ1n) is 6.89. The molecule has 0 radical (unpaired) electrons. The molecular weight excluding hydrogens is 285 g/mol. The lowest BCUT2D eigenvalue weighted by molar-refractivity contribution is 0.0600. The van der Waals surface area contributed by atoms with Crippen LogP contribution >= 0.6 is 0 Å². The van der Waals surface area contributed by atoms with Gasteiger partial charge in [0, 0.05) is 12.2 Å². The molecule has 1 amide bonds. The Kier molecular flexibility index (Phi) is 3.63. The molecule has 5 heteroatoms. The van der Waals surface area contributed by atoms with E-state index in [2.05, 4.69) is 4.74 Å². The van der Waals surface area contributed by atoms with Gasteiger partial charge in [-0.1, -0.05) is 12.1 Å². The summed E-state index contributed by atoms with van der Waals surface area (Å²) in [6, 6.07) is 10.9. The Bertz CT molecular complexity index is 757. The fourth-order valence-electron chi connectivity index (χ4n) is 2.64. The summed E-state index contributed by atoms with van der Waals surface area (Å²) in [7, 11) is 1.32. The molecule has 1 aliphatic heterocycles. The number of rotatable bonds is 2. The van der Waals surface area contributed by atoms with E-state index in [9.17, 15) is 14.0 Å². The maximum Gasteiger partial charge on any atom is 0.337 e. The number of benzene rings is 2. The van der Waals surface area contributed by atoms with Gasteiger partial charge in [-0.05, 0) is 42.3 Å². The Morgan fingerprint density at radius 2 is 1.95 bits per heavy atom. The maximum absolute atomic E-state index is 13.8. The molecule has 0 spiro atoms. The van der Waals surface area contributed by atoms with Gasteiger partial charge < -0.3 is 9.64 Å². The van der Waals surface area contributed by atoms with Gasteiger partial charge in [0.1, 0.15) is 5.82 Å². The highest BCUT2D eigenvalue weighted by Gasteiger charge is 2.27. The molecule has 1 aliphatic rings. The fraction of sp³-hybridized carbons (Fsp3) is 0.176. The molecule has 2 aromatic carbocycles. The Labute approximate surface area is 127 Å². The number of carbonyl (C=O) groups excluding carboxylic acids is 2. The molecule has 0 aliphatic carbocycles. The number of hydrogen-bond donors (Lipinski definition) is 0. The minimum absolute atomic E-state index is 0.0485. The largest absolute Gasteiger partial charge is 0.465 e. The summed E-state index contributed by atoms with van der Waals surface area (Å²) < 4.78 is 18.5. The van der Waals surface area contributed by atoms with Crippen LogP contribution in [0.25, 0.3) is 0 Å². The minimum atomic E-state index is -0.535. The lowest BCUT2D eigenvalue weighted by Crippen LogP contribution is -2.29. The predicted octanol–water partition coefficient (Wildman–Crippen LogP) is 2.82. The average Bonchev–Trinajstić information content (AvgIpc) is 2.97. The lowest BCUT2D eigenvalue weighted by atomic mass is 10.1. The van der Waals surface area contributed by atoms with E-state index in [1.54, 1.807) is 30.3 Å². The highest BCUT2D eigenvalue weighted by atomic mass is 19.1. The molecule has 0 unspecified atom stereocenters. The van der Waals surface area contributed by atoms with Crippen LogP contribution in [0.15, 0.2) is 42.5 Å². The molecule has 3 rings (SSSR count). The maximum atomic E-state index is 13.8. The third-order valence-corrected chi connectivity index (χ3v) is 3.75. The van der Waals surface area contributed by atoms with Crippen molar-refractivity contribution < 1.29 is 18.7 Å². The lowest BCUT2D eigenvalue weighted by Gasteiger charge is -2.17. The Balaban J connectivity index is 1.93. The molecule has 2 aromatic rings. The van der Waals surface area contributed by atoms with Crippen molar-refractivity contribution in [1.82, 2.24) is 0 Å². The van der Waals surface area contributed by atoms with Crippen LogP contribution in [0.4, 0.5) is 10.1 Å². The van der Waals surface area contributed by atoms with Crippen molar-refractivity contribution in [2.24, 2.45) is 0 Å². The molecule has 112 valence electrons. The molecule has 0 saturated heterocycles. The molecule has 0 aromatic heterocycles. The summed E-state index contributed by atoms with van der Waals surface area (Å²) in [5.74, 6) is -1.32. The molecule has 4 nitrogen and oxygen atoms in total. The van der Waals surface area contributed by atoms with Gasteiger partial charge in [0.2, 0.25) is 0 Å². The Morgan fingerprint density at radius 3 is 2.68 bits per heavy atom. The second-order valence-electron chi connectivity index (χ2n) is 5.02. The summed E-state index contributed by atoms with van der Waals surface area (Å²) in [5, 5.41) is 0. The van der Waals surface area contributed by atoms with Gasteiger partial charge in [0.25, 0.3) is 5.91 Å². The van der Waals surface area contributed by atoms with Crippen LogP contribution in [-0.2, 0) is 11.2 Å². The monoisotopic (exact) mass is 299 g/mol. The van der Waals surface area contributed by atoms with E-state index in [-0.39, 0.29) is 11.5 Å². The first kappa shape index (κ1) is 14.3. The smallest absolute Gasteiger partial charge is 0.337 e. The number of amides is 1. The van der Waals surface area contributed by atoms with Gasteiger partial charge in [-0.25, -0.2) is 9.18 Å². The van der Waals surface area contributed by atoms with Crippen LogP contribution in [0, 0.1) is 5.82 Å². The highest BCUT2D eigenvalue weighted by molar-refractivity contribution is 6.07. The molecule has 0 atom stereocenters. The number of methoxy groups -OCH3 is 1. The van der Waals surface area contributed by atoms with E-state index in [4.69, 9.17) is 0 Å². The summed E-state index contributed by atoms with van der Waals surface area (Å²) in [6.45, 7) is 0.465. The average molecular weight is 299 g/mol. The van der Waals surface area contributed by atoms with Crippen molar-refractivity contribution in [3.05, 3.63) is 65.0 Å². The number of halogens is 1. The molecule has 0 bridgehead atoms. The zero-order chi connectivity index (χ0) is 15.7. The van der Waals surface area contributed by atoms with Crippen LogP contribution in [0.3, 0.4) is 0 Å². The summed E-state index contributed by atoms with van der Waals surface area (Å²) in [4.78, 5) is 25.6. The second-order valence-corrected chi connectivity index (χ2v) is 5.02. The predicted molar refractivity (Wildman–Crippen MR) is 79.6 cm³/mol. The van der Waals surface area contributed by atoms with E-state index < -0.39 is 11.8 Å². The standard InChI is InChI=1S/C17H14FNO3/c1-22-17(21)12-6-7-15-11(10-12)8-9-19(15)16(20)13-4-2-3-5-14(13)18/h2-7,10H,8-9H2,1H3. The van der Waals surface area contributed by atoms with Crippen LogP contribution in [0.1, 0.15) is 26.3 Å². The van der Waals surface area contributed by atoms with Gasteiger partial charge in [-0.2, -0.15) is 0 Å². The number of hydrogen-bond acceptors (Lipinski definition) is 3. The van der Waals surface area contributed by atoms with E-state index >= 15 is 0 Å². The van der Waals surface area contributed by atoms with E-state index in [0.717, 1.165) is 5.56 Å². The number of nitrogens with zero attached hydrogens (tertiary/aromatic N) is 1. The summed E-state index contributed by atoms with van der Waals surface area (Å²) in [5.41, 5.74) is 2.09. The van der Waals surface area contributed by atoms with Crippen molar-refractivity contribution >= 4 is 17.6 Å². The van der Waals surface area contributed by atoms with Crippen molar-refractivity contribution in [2.45, 2.75) is 6.42 Å². The Hall–Kier alpha value is -2.69. The number of anilines is 1.